The van der Waals surface area contributed by atoms with Crippen molar-refractivity contribution in [2.24, 2.45) is 5.84 Å². The topological polar surface area (TPSA) is 78.6 Å². The molecule has 1 saturated heterocycles. The van der Waals surface area contributed by atoms with E-state index in [1.54, 1.807) is 0 Å². The normalized spacial score (nSPS) is 19.8. The highest BCUT2D eigenvalue weighted by atomic mass is 16.3. The minimum absolute atomic E-state index is 0.185. The van der Waals surface area contributed by atoms with Gasteiger partial charge in [0.25, 0.3) is 0 Å². The highest BCUT2D eigenvalue weighted by Gasteiger charge is 2.22. The van der Waals surface area contributed by atoms with Crippen molar-refractivity contribution in [2.75, 3.05) is 13.2 Å². The average Bonchev–Trinajstić information content (AvgIpc) is 2.49. The molecule has 1 unspecified atom stereocenters. The second-order valence-electron chi connectivity index (χ2n) is 5.32. The quantitative estimate of drug-likeness (QED) is 0.417. The van der Waals surface area contributed by atoms with Gasteiger partial charge in [0.1, 0.15) is 0 Å². The summed E-state index contributed by atoms with van der Waals surface area (Å²) in [5.74, 6) is 4.97. The van der Waals surface area contributed by atoms with E-state index in [4.69, 9.17) is 5.84 Å². The Morgan fingerprint density at radius 2 is 2.10 bits per heavy atom. The van der Waals surface area contributed by atoms with E-state index in [2.05, 4.69) is 10.3 Å². The van der Waals surface area contributed by atoms with Gasteiger partial charge in [0, 0.05) is 12.6 Å². The van der Waals surface area contributed by atoms with Crippen LogP contribution >= 0.6 is 0 Å². The predicted molar refractivity (Wildman–Crippen MR) is 77.6 cm³/mol. The number of hydrogen-bond donors (Lipinski definition) is 3. The molecule has 1 amide bonds. The van der Waals surface area contributed by atoms with Gasteiger partial charge in [-0.25, -0.2) is 5.84 Å². The van der Waals surface area contributed by atoms with E-state index in [0.29, 0.717) is 6.42 Å². The van der Waals surface area contributed by atoms with Crippen LogP contribution in [0.3, 0.4) is 0 Å². The van der Waals surface area contributed by atoms with Crippen LogP contribution < -0.4 is 11.3 Å². The Labute approximate surface area is 119 Å². The first-order chi connectivity index (χ1) is 9.74. The molecule has 0 bridgehead atoms. The fourth-order valence-corrected chi connectivity index (χ4v) is 2.80. The van der Waals surface area contributed by atoms with Gasteiger partial charge in [-0.15, -0.1) is 0 Å². The third-order valence-electron chi connectivity index (χ3n) is 3.96. The summed E-state index contributed by atoms with van der Waals surface area (Å²) in [5, 5.41) is 9.47. The lowest BCUT2D eigenvalue weighted by atomic mass is 9.99. The number of nitrogens with zero attached hydrogens (tertiary/aromatic N) is 1. The molecule has 4 N–H and O–H groups in total. The molecule has 5 heteroatoms. The fraction of sp³-hybridized carbons (Fsp3) is 0.533. The van der Waals surface area contributed by atoms with E-state index in [1.807, 2.05) is 24.3 Å². The van der Waals surface area contributed by atoms with E-state index >= 15 is 0 Å². The molecule has 0 aromatic heterocycles. The monoisotopic (exact) mass is 277 g/mol. The van der Waals surface area contributed by atoms with Gasteiger partial charge < -0.3 is 5.11 Å². The van der Waals surface area contributed by atoms with Crippen LogP contribution in [0.5, 0.6) is 0 Å². The van der Waals surface area contributed by atoms with Gasteiger partial charge in [-0.3, -0.25) is 15.1 Å². The summed E-state index contributed by atoms with van der Waals surface area (Å²) in [5.41, 5.74) is 4.31. The third kappa shape index (κ3) is 3.79. The molecule has 0 saturated carbocycles. The first-order valence-electron chi connectivity index (χ1n) is 7.15. The molecule has 110 valence electrons. The number of likely N-dealkylation sites (tertiary alicyclic amines) is 1. The lowest BCUT2D eigenvalue weighted by Gasteiger charge is -2.35. The fourth-order valence-electron chi connectivity index (χ4n) is 2.80. The lowest BCUT2D eigenvalue weighted by Crippen LogP contribution is -2.41. The van der Waals surface area contributed by atoms with Gasteiger partial charge in [0.2, 0.25) is 5.91 Å². The van der Waals surface area contributed by atoms with E-state index in [-0.39, 0.29) is 18.6 Å². The Morgan fingerprint density at radius 3 is 2.80 bits per heavy atom. The van der Waals surface area contributed by atoms with Crippen molar-refractivity contribution in [1.29, 1.82) is 0 Å². The second kappa shape index (κ2) is 7.38. The Kier molecular flexibility index (Phi) is 5.52. The van der Waals surface area contributed by atoms with Crippen molar-refractivity contribution >= 4 is 5.91 Å². The number of carbonyl (C=O) groups excluding carboxylic acids is 1. The molecule has 1 heterocycles. The van der Waals surface area contributed by atoms with Crippen molar-refractivity contribution in [3.63, 3.8) is 0 Å². The maximum absolute atomic E-state index is 11.5. The lowest BCUT2D eigenvalue weighted by molar-refractivity contribution is -0.120. The Bertz CT molecular complexity index is 450. The van der Waals surface area contributed by atoms with Gasteiger partial charge in [-0.05, 0) is 30.5 Å². The van der Waals surface area contributed by atoms with Gasteiger partial charge in [-0.1, -0.05) is 30.7 Å². The molecule has 20 heavy (non-hydrogen) atoms. The van der Waals surface area contributed by atoms with Crippen molar-refractivity contribution in [3.8, 4) is 0 Å². The Morgan fingerprint density at radius 1 is 1.35 bits per heavy atom. The first kappa shape index (κ1) is 15.0. The molecule has 1 aliphatic heterocycles. The number of hydrogen-bond acceptors (Lipinski definition) is 4. The zero-order valence-electron chi connectivity index (χ0n) is 11.7. The Hall–Kier alpha value is -1.43. The summed E-state index contributed by atoms with van der Waals surface area (Å²) in [6, 6.07) is 8.16. The molecule has 1 aromatic rings. The minimum Gasteiger partial charge on any atom is -0.395 e. The number of aliphatic hydroxyl groups is 1. The highest BCUT2D eigenvalue weighted by molar-refractivity contribution is 5.78. The van der Waals surface area contributed by atoms with Crippen molar-refractivity contribution in [2.45, 2.75) is 38.3 Å². The number of rotatable bonds is 5. The van der Waals surface area contributed by atoms with E-state index in [9.17, 15) is 9.90 Å². The number of nitrogens with one attached hydrogen (secondary N) is 1. The third-order valence-corrected chi connectivity index (χ3v) is 3.96. The molecule has 0 aliphatic carbocycles. The molecule has 5 nitrogen and oxygen atoms in total. The molecular weight excluding hydrogens is 254 g/mol. The second-order valence-corrected chi connectivity index (χ2v) is 5.32. The van der Waals surface area contributed by atoms with Crippen LogP contribution in [0.1, 0.15) is 30.4 Å². The van der Waals surface area contributed by atoms with Crippen LogP contribution in [-0.2, 0) is 17.8 Å². The van der Waals surface area contributed by atoms with Gasteiger partial charge in [-0.2, -0.15) is 0 Å². The van der Waals surface area contributed by atoms with E-state index in [0.717, 1.165) is 30.6 Å². The number of nitrogens with two attached hydrogens (primary N) is 1. The summed E-state index contributed by atoms with van der Waals surface area (Å²) < 4.78 is 0. The number of piperidine rings is 1. The number of amides is 1. The molecule has 1 aliphatic rings. The largest absolute Gasteiger partial charge is 0.395 e. The molecule has 0 radical (unpaired) electrons. The molecule has 1 fully saturated rings. The molecule has 0 spiro atoms. The minimum atomic E-state index is -0.185. The summed E-state index contributed by atoms with van der Waals surface area (Å²) in [7, 11) is 0. The zero-order chi connectivity index (χ0) is 14.4. The van der Waals surface area contributed by atoms with Crippen molar-refractivity contribution in [3.05, 3.63) is 35.4 Å². The molecular formula is C15H23N3O2. The van der Waals surface area contributed by atoms with E-state index in [1.165, 1.54) is 12.8 Å². The number of hydrazine groups is 1. The van der Waals surface area contributed by atoms with Crippen molar-refractivity contribution < 1.29 is 9.90 Å². The van der Waals surface area contributed by atoms with E-state index < -0.39 is 0 Å². The van der Waals surface area contributed by atoms with Gasteiger partial charge >= 0.3 is 0 Å². The average molecular weight is 277 g/mol. The smallest absolute Gasteiger partial charge is 0.238 e. The Balaban J connectivity index is 2.09. The summed E-state index contributed by atoms with van der Waals surface area (Å²) in [4.78, 5) is 13.8. The zero-order valence-corrected chi connectivity index (χ0v) is 11.7. The van der Waals surface area contributed by atoms with Crippen LogP contribution in [0.15, 0.2) is 24.3 Å². The predicted octanol–water partition coefficient (Wildman–Crippen LogP) is 0.566. The molecule has 1 aromatic carbocycles. The van der Waals surface area contributed by atoms with Crippen LogP contribution in [0.25, 0.3) is 0 Å². The molecule has 1 atom stereocenters. The number of carbonyl (C=O) groups is 1. The van der Waals surface area contributed by atoms with Crippen LogP contribution in [-0.4, -0.2) is 35.1 Å². The van der Waals surface area contributed by atoms with Crippen molar-refractivity contribution in [1.82, 2.24) is 10.3 Å². The summed E-state index contributed by atoms with van der Waals surface area (Å²) >= 11 is 0. The van der Waals surface area contributed by atoms with Crippen LogP contribution in [0, 0.1) is 0 Å². The summed E-state index contributed by atoms with van der Waals surface area (Å²) in [6.45, 7) is 1.98. The standard InChI is InChI=1S/C15H23N3O2/c16-17-15(20)9-12-5-1-2-6-13(12)10-18-8-4-3-7-14(18)11-19/h1-2,5-6,14,19H,3-4,7-11,16H2,(H,17,20). The first-order valence-corrected chi connectivity index (χ1v) is 7.15. The number of aliphatic hydroxyl groups excluding tert-OH is 1. The van der Waals surface area contributed by atoms with Crippen LogP contribution in [0.2, 0.25) is 0 Å². The highest BCUT2D eigenvalue weighted by Crippen LogP contribution is 2.21. The molecule has 2 rings (SSSR count). The van der Waals surface area contributed by atoms with Gasteiger partial charge in [0.15, 0.2) is 0 Å². The SMILES string of the molecule is NNC(=O)Cc1ccccc1CN1CCCCC1CO. The number of benzene rings is 1. The van der Waals surface area contributed by atoms with Gasteiger partial charge in [0.05, 0.1) is 13.0 Å². The maximum Gasteiger partial charge on any atom is 0.238 e. The summed E-state index contributed by atoms with van der Waals surface area (Å²) in [6.07, 6.45) is 3.69. The maximum atomic E-state index is 11.5. The van der Waals surface area contributed by atoms with Crippen LogP contribution in [0.4, 0.5) is 0 Å².